The third-order valence-corrected chi connectivity index (χ3v) is 3.25. The van der Waals surface area contributed by atoms with Gasteiger partial charge in [-0.05, 0) is 34.0 Å². The van der Waals surface area contributed by atoms with E-state index < -0.39 is 0 Å². The molecule has 0 aliphatic carbocycles. The molecule has 0 aliphatic rings. The minimum absolute atomic E-state index is 0.0434. The highest BCUT2D eigenvalue weighted by Gasteiger charge is 2.20. The second-order valence-corrected chi connectivity index (χ2v) is 4.24. The summed E-state index contributed by atoms with van der Waals surface area (Å²) < 4.78 is 11.2. The number of benzene rings is 1. The molecule has 0 amide bonds. The van der Waals surface area contributed by atoms with E-state index in [1.54, 1.807) is 13.2 Å². The lowest BCUT2D eigenvalue weighted by Gasteiger charge is -2.16. The Balaban J connectivity index is 3.50. The Bertz CT molecular complexity index is 432. The van der Waals surface area contributed by atoms with E-state index in [1.807, 2.05) is 6.92 Å². The average Bonchev–Trinajstić information content (AvgIpc) is 2.36. The Kier molecular flexibility index (Phi) is 4.96. The molecular weight excluding hydrogens is 286 g/mol. The number of aryl methyl sites for hydroxylation is 1. The third-order valence-electron chi connectivity index (χ3n) is 2.53. The van der Waals surface area contributed by atoms with Crippen LogP contribution in [0.5, 0.6) is 11.5 Å². The van der Waals surface area contributed by atoms with Crippen LogP contribution in [0, 0.1) is 0 Å². The van der Waals surface area contributed by atoms with Crippen LogP contribution in [-0.4, -0.2) is 26.5 Å². The van der Waals surface area contributed by atoms with Gasteiger partial charge in [0.25, 0.3) is 0 Å². The number of carbonyl (C=O) groups excluding carboxylic acids is 1. The van der Waals surface area contributed by atoms with Crippen LogP contribution in [0.1, 0.15) is 22.8 Å². The number of ether oxygens (including phenoxy) is 2. The molecule has 4 nitrogen and oxygen atoms in total. The molecule has 1 aromatic carbocycles. The molecule has 1 aromatic rings. The van der Waals surface area contributed by atoms with Gasteiger partial charge in [0.05, 0.1) is 26.3 Å². The van der Waals surface area contributed by atoms with Gasteiger partial charge in [-0.15, -0.1) is 0 Å². The quantitative estimate of drug-likeness (QED) is 0.847. The van der Waals surface area contributed by atoms with Crippen molar-refractivity contribution in [3.05, 3.63) is 21.7 Å². The molecule has 0 unspecified atom stereocenters. The van der Waals surface area contributed by atoms with Gasteiger partial charge in [0.2, 0.25) is 0 Å². The molecule has 0 aliphatic heterocycles. The number of hydrogen-bond donors (Lipinski definition) is 1. The first-order valence-electron chi connectivity index (χ1n) is 5.27. The number of methoxy groups -OCH3 is 2. The minimum atomic E-state index is -0.153. The van der Waals surface area contributed by atoms with Gasteiger partial charge in [-0.3, -0.25) is 4.79 Å². The van der Waals surface area contributed by atoms with Crippen molar-refractivity contribution in [2.24, 2.45) is 5.73 Å². The standard InChI is InChI=1S/C12H16BrNO3/c1-4-7-5-8(9(15)6-14)12(17-3)10(13)11(7)16-2/h5H,4,6,14H2,1-3H3. The zero-order valence-electron chi connectivity index (χ0n) is 10.2. The summed E-state index contributed by atoms with van der Waals surface area (Å²) in [6.45, 7) is 1.95. The molecule has 0 heterocycles. The maximum atomic E-state index is 11.7. The van der Waals surface area contributed by atoms with E-state index in [0.717, 1.165) is 12.0 Å². The highest BCUT2D eigenvalue weighted by atomic mass is 79.9. The summed E-state index contributed by atoms with van der Waals surface area (Å²) in [4.78, 5) is 11.7. The van der Waals surface area contributed by atoms with Crippen LogP contribution in [0.25, 0.3) is 0 Å². The monoisotopic (exact) mass is 301 g/mol. The highest BCUT2D eigenvalue weighted by molar-refractivity contribution is 9.10. The first-order valence-corrected chi connectivity index (χ1v) is 6.06. The fraction of sp³-hybridized carbons (Fsp3) is 0.417. The van der Waals surface area contributed by atoms with Gasteiger partial charge in [-0.25, -0.2) is 0 Å². The maximum Gasteiger partial charge on any atom is 0.180 e. The maximum absolute atomic E-state index is 11.7. The molecule has 1 rings (SSSR count). The number of nitrogens with two attached hydrogens (primary N) is 1. The van der Waals surface area contributed by atoms with Gasteiger partial charge in [0, 0.05) is 0 Å². The van der Waals surface area contributed by atoms with Gasteiger partial charge in [-0.1, -0.05) is 6.92 Å². The van der Waals surface area contributed by atoms with E-state index in [4.69, 9.17) is 15.2 Å². The molecule has 0 aromatic heterocycles. The Morgan fingerprint density at radius 3 is 2.35 bits per heavy atom. The SMILES string of the molecule is CCc1cc(C(=O)CN)c(OC)c(Br)c1OC. The Morgan fingerprint density at radius 2 is 1.94 bits per heavy atom. The zero-order valence-corrected chi connectivity index (χ0v) is 11.8. The fourth-order valence-electron chi connectivity index (χ4n) is 1.67. The summed E-state index contributed by atoms with van der Waals surface area (Å²) in [7, 11) is 3.10. The van der Waals surface area contributed by atoms with Crippen molar-refractivity contribution in [2.75, 3.05) is 20.8 Å². The lowest BCUT2D eigenvalue weighted by atomic mass is 10.0. The second-order valence-electron chi connectivity index (χ2n) is 3.44. The van der Waals surface area contributed by atoms with Crippen molar-refractivity contribution >= 4 is 21.7 Å². The predicted octanol–water partition coefficient (Wildman–Crippen LogP) is 2.17. The minimum Gasteiger partial charge on any atom is -0.495 e. The number of carbonyl (C=O) groups is 1. The van der Waals surface area contributed by atoms with Crippen molar-refractivity contribution < 1.29 is 14.3 Å². The summed E-state index contributed by atoms with van der Waals surface area (Å²) in [6.07, 6.45) is 0.761. The highest BCUT2D eigenvalue weighted by Crippen LogP contribution is 2.40. The molecule has 0 bridgehead atoms. The number of hydrogen-bond acceptors (Lipinski definition) is 4. The summed E-state index contributed by atoms with van der Waals surface area (Å²) in [5, 5.41) is 0. The van der Waals surface area contributed by atoms with Crippen molar-refractivity contribution in [3.8, 4) is 11.5 Å². The van der Waals surface area contributed by atoms with Gasteiger partial charge >= 0.3 is 0 Å². The van der Waals surface area contributed by atoms with Gasteiger partial charge < -0.3 is 15.2 Å². The van der Waals surface area contributed by atoms with Crippen LogP contribution < -0.4 is 15.2 Å². The molecular formula is C12H16BrNO3. The van der Waals surface area contributed by atoms with Crippen molar-refractivity contribution in [1.82, 2.24) is 0 Å². The van der Waals surface area contributed by atoms with E-state index in [-0.39, 0.29) is 12.3 Å². The summed E-state index contributed by atoms with van der Waals surface area (Å²) in [6, 6.07) is 1.78. The van der Waals surface area contributed by atoms with E-state index >= 15 is 0 Å². The molecule has 2 N–H and O–H groups in total. The van der Waals surface area contributed by atoms with Gasteiger partial charge in [-0.2, -0.15) is 0 Å². The van der Waals surface area contributed by atoms with E-state index in [9.17, 15) is 4.79 Å². The number of Topliss-reactive ketones (excluding diaryl/α,β-unsaturated/α-hetero) is 1. The Morgan fingerprint density at radius 1 is 1.35 bits per heavy atom. The molecule has 94 valence electrons. The third kappa shape index (κ3) is 2.61. The van der Waals surface area contributed by atoms with Gasteiger partial charge in [0.1, 0.15) is 16.0 Å². The number of rotatable bonds is 5. The summed E-state index contributed by atoms with van der Waals surface area (Å²) >= 11 is 3.40. The van der Waals surface area contributed by atoms with Crippen LogP contribution >= 0.6 is 15.9 Å². The zero-order chi connectivity index (χ0) is 13.0. The second kappa shape index (κ2) is 6.02. The largest absolute Gasteiger partial charge is 0.495 e. The summed E-state index contributed by atoms with van der Waals surface area (Å²) in [5.41, 5.74) is 6.82. The van der Waals surface area contributed by atoms with Crippen LogP contribution in [-0.2, 0) is 6.42 Å². The van der Waals surface area contributed by atoms with E-state index in [0.29, 0.717) is 21.5 Å². The molecule has 0 saturated carbocycles. The van der Waals surface area contributed by atoms with Crippen molar-refractivity contribution in [2.45, 2.75) is 13.3 Å². The first kappa shape index (κ1) is 14.0. The molecule has 0 spiro atoms. The molecule has 0 fully saturated rings. The van der Waals surface area contributed by atoms with Crippen LogP contribution in [0.4, 0.5) is 0 Å². The van der Waals surface area contributed by atoms with E-state index in [1.165, 1.54) is 7.11 Å². The topological polar surface area (TPSA) is 61.6 Å². The fourth-order valence-corrected chi connectivity index (χ4v) is 2.46. The smallest absolute Gasteiger partial charge is 0.180 e. The van der Waals surface area contributed by atoms with Gasteiger partial charge in [0.15, 0.2) is 5.78 Å². The normalized spacial score (nSPS) is 10.2. The van der Waals surface area contributed by atoms with Crippen LogP contribution in [0.2, 0.25) is 0 Å². The van der Waals surface area contributed by atoms with E-state index in [2.05, 4.69) is 15.9 Å². The van der Waals surface area contributed by atoms with Crippen molar-refractivity contribution in [1.29, 1.82) is 0 Å². The number of halogens is 1. The summed E-state index contributed by atoms with van der Waals surface area (Å²) in [5.74, 6) is 1.01. The lowest BCUT2D eigenvalue weighted by Crippen LogP contribution is -2.15. The molecule has 17 heavy (non-hydrogen) atoms. The Labute approximate surface area is 109 Å². The lowest BCUT2D eigenvalue weighted by molar-refractivity contribution is 0.0998. The molecule has 0 saturated heterocycles. The Hall–Kier alpha value is -1.07. The van der Waals surface area contributed by atoms with Crippen LogP contribution in [0.15, 0.2) is 10.5 Å². The van der Waals surface area contributed by atoms with Crippen molar-refractivity contribution in [3.63, 3.8) is 0 Å². The predicted molar refractivity (Wildman–Crippen MR) is 70.0 cm³/mol. The molecule has 5 heteroatoms. The molecule has 0 atom stereocenters. The average molecular weight is 302 g/mol. The van der Waals surface area contributed by atoms with Crippen LogP contribution in [0.3, 0.4) is 0 Å². The molecule has 0 radical (unpaired) electrons. The number of ketones is 1. The first-order chi connectivity index (χ1) is 8.10.